The third kappa shape index (κ3) is 4.05. The summed E-state index contributed by atoms with van der Waals surface area (Å²) in [5.41, 5.74) is 2.25. The van der Waals surface area contributed by atoms with Crippen molar-refractivity contribution in [1.29, 1.82) is 0 Å². The number of rotatable bonds is 4. The molecule has 1 heterocycles. The van der Waals surface area contributed by atoms with E-state index >= 15 is 0 Å². The van der Waals surface area contributed by atoms with Crippen molar-refractivity contribution in [1.82, 2.24) is 9.80 Å². The van der Waals surface area contributed by atoms with Crippen LogP contribution in [0.15, 0.2) is 36.4 Å². The zero-order valence-electron chi connectivity index (χ0n) is 14.4. The number of carbonyl (C=O) groups excluding carboxylic acids is 2. The first-order valence-electron chi connectivity index (χ1n) is 8.90. The van der Waals surface area contributed by atoms with Gasteiger partial charge in [-0.1, -0.05) is 36.4 Å². The third-order valence-electron chi connectivity index (χ3n) is 5.14. The number of aryl methyl sites for hydroxylation is 1. The molecule has 1 aromatic carbocycles. The average Bonchev–Trinajstić information content (AvgIpc) is 3.10. The number of benzene rings is 1. The molecule has 0 radical (unpaired) electrons. The van der Waals surface area contributed by atoms with Gasteiger partial charge < -0.3 is 9.80 Å². The molecule has 0 bridgehead atoms. The van der Waals surface area contributed by atoms with Gasteiger partial charge in [-0.05, 0) is 36.8 Å². The maximum Gasteiger partial charge on any atom is 0.227 e. The monoisotopic (exact) mass is 326 g/mol. The Morgan fingerprint density at radius 1 is 1.04 bits per heavy atom. The van der Waals surface area contributed by atoms with E-state index in [9.17, 15) is 9.59 Å². The van der Waals surface area contributed by atoms with Gasteiger partial charge in [-0.2, -0.15) is 0 Å². The van der Waals surface area contributed by atoms with Crippen LogP contribution in [0.2, 0.25) is 0 Å². The van der Waals surface area contributed by atoms with Crippen molar-refractivity contribution in [2.75, 3.05) is 26.2 Å². The average molecular weight is 326 g/mol. The van der Waals surface area contributed by atoms with Crippen LogP contribution < -0.4 is 0 Å². The van der Waals surface area contributed by atoms with Crippen LogP contribution in [-0.2, 0) is 16.0 Å². The van der Waals surface area contributed by atoms with E-state index in [1.807, 2.05) is 41.0 Å². The summed E-state index contributed by atoms with van der Waals surface area (Å²) in [4.78, 5) is 28.7. The molecule has 1 aliphatic carbocycles. The molecule has 0 N–H and O–H groups in total. The molecule has 4 heteroatoms. The Morgan fingerprint density at radius 3 is 2.33 bits per heavy atom. The van der Waals surface area contributed by atoms with Crippen LogP contribution in [0.5, 0.6) is 0 Å². The second-order valence-corrected chi connectivity index (χ2v) is 6.83. The van der Waals surface area contributed by atoms with Gasteiger partial charge in [0.15, 0.2) is 0 Å². The van der Waals surface area contributed by atoms with E-state index in [-0.39, 0.29) is 11.8 Å². The molecule has 4 nitrogen and oxygen atoms in total. The van der Waals surface area contributed by atoms with Crippen molar-refractivity contribution in [2.24, 2.45) is 5.92 Å². The first kappa shape index (κ1) is 16.7. The molecule has 1 aliphatic heterocycles. The van der Waals surface area contributed by atoms with E-state index in [1.54, 1.807) is 0 Å². The summed E-state index contributed by atoms with van der Waals surface area (Å²) in [7, 11) is 0. The van der Waals surface area contributed by atoms with Crippen molar-refractivity contribution in [3.05, 3.63) is 47.5 Å². The molecule has 0 saturated carbocycles. The number of amides is 2. The molecule has 1 aromatic rings. The van der Waals surface area contributed by atoms with Gasteiger partial charge in [0.2, 0.25) is 11.8 Å². The molecule has 1 saturated heterocycles. The van der Waals surface area contributed by atoms with E-state index < -0.39 is 0 Å². The van der Waals surface area contributed by atoms with Crippen LogP contribution >= 0.6 is 0 Å². The normalized spacial score (nSPS) is 20.5. The minimum absolute atomic E-state index is 0.162. The highest BCUT2D eigenvalue weighted by Gasteiger charge is 2.25. The summed E-state index contributed by atoms with van der Waals surface area (Å²) in [6.45, 7) is 4.66. The first-order chi connectivity index (χ1) is 11.6. The fourth-order valence-corrected chi connectivity index (χ4v) is 3.51. The van der Waals surface area contributed by atoms with Crippen LogP contribution in [0.25, 0.3) is 0 Å². The topological polar surface area (TPSA) is 40.6 Å². The highest BCUT2D eigenvalue weighted by atomic mass is 16.2. The fraction of sp³-hybridized carbons (Fsp3) is 0.500. The van der Waals surface area contributed by atoms with Crippen LogP contribution in [0, 0.1) is 12.8 Å². The number of nitrogens with zero attached hydrogens (tertiary/aromatic N) is 2. The standard InChI is InChI=1S/C20H26N2O2/c1-16-6-2-5-9-18(16)15-20(24)22-12-10-21(11-13-22)19(23)14-17-7-3-4-8-17/h2-3,5-7,9,17H,4,8,10-15H2,1H3/t17-/m1/s1. The minimum atomic E-state index is 0.162. The van der Waals surface area contributed by atoms with E-state index in [0.29, 0.717) is 44.9 Å². The van der Waals surface area contributed by atoms with E-state index in [4.69, 9.17) is 0 Å². The van der Waals surface area contributed by atoms with Crippen LogP contribution in [-0.4, -0.2) is 47.8 Å². The lowest BCUT2D eigenvalue weighted by Gasteiger charge is -2.35. The summed E-state index contributed by atoms with van der Waals surface area (Å²) >= 11 is 0. The molecular formula is C20H26N2O2. The maximum absolute atomic E-state index is 12.5. The predicted molar refractivity (Wildman–Crippen MR) is 94.5 cm³/mol. The van der Waals surface area contributed by atoms with Gasteiger partial charge in [-0.25, -0.2) is 0 Å². The van der Waals surface area contributed by atoms with E-state index in [2.05, 4.69) is 12.2 Å². The number of allylic oxidation sites excluding steroid dienone is 2. The SMILES string of the molecule is Cc1ccccc1CC(=O)N1CCN(C(=O)C[C@@H]2C=CCC2)CC1. The van der Waals surface area contributed by atoms with Crippen molar-refractivity contribution in [2.45, 2.75) is 32.6 Å². The Hall–Kier alpha value is -2.10. The largest absolute Gasteiger partial charge is 0.339 e. The quantitative estimate of drug-likeness (QED) is 0.798. The molecule has 2 amide bonds. The van der Waals surface area contributed by atoms with Gasteiger partial charge in [0.1, 0.15) is 0 Å². The molecule has 2 aliphatic rings. The Labute approximate surface area is 144 Å². The van der Waals surface area contributed by atoms with Crippen molar-refractivity contribution < 1.29 is 9.59 Å². The summed E-state index contributed by atoms with van der Waals surface area (Å²) in [6.07, 6.45) is 7.60. The molecule has 0 aromatic heterocycles. The number of carbonyl (C=O) groups is 2. The maximum atomic E-state index is 12.5. The molecule has 0 unspecified atom stereocenters. The molecule has 0 spiro atoms. The van der Waals surface area contributed by atoms with Gasteiger partial charge in [-0.3, -0.25) is 9.59 Å². The van der Waals surface area contributed by atoms with E-state index in [1.165, 1.54) is 0 Å². The first-order valence-corrected chi connectivity index (χ1v) is 8.90. The molecular weight excluding hydrogens is 300 g/mol. The zero-order chi connectivity index (χ0) is 16.9. The highest BCUT2D eigenvalue weighted by molar-refractivity contribution is 5.80. The van der Waals surface area contributed by atoms with Crippen LogP contribution in [0.4, 0.5) is 0 Å². The Morgan fingerprint density at radius 2 is 1.71 bits per heavy atom. The number of hydrogen-bond acceptors (Lipinski definition) is 2. The molecule has 1 fully saturated rings. The van der Waals surface area contributed by atoms with Crippen LogP contribution in [0.1, 0.15) is 30.4 Å². The zero-order valence-corrected chi connectivity index (χ0v) is 14.4. The van der Waals surface area contributed by atoms with E-state index in [0.717, 1.165) is 24.0 Å². The van der Waals surface area contributed by atoms with Gasteiger partial charge in [0.25, 0.3) is 0 Å². The van der Waals surface area contributed by atoms with Crippen LogP contribution in [0.3, 0.4) is 0 Å². The smallest absolute Gasteiger partial charge is 0.227 e. The van der Waals surface area contributed by atoms with Gasteiger partial charge >= 0.3 is 0 Å². The van der Waals surface area contributed by atoms with Crippen molar-refractivity contribution in [3.63, 3.8) is 0 Å². The summed E-state index contributed by atoms with van der Waals surface area (Å²) in [5, 5.41) is 0. The molecule has 1 atom stereocenters. The lowest BCUT2D eigenvalue weighted by atomic mass is 10.0. The Kier molecular flexibility index (Phi) is 5.34. The molecule has 128 valence electrons. The second-order valence-electron chi connectivity index (χ2n) is 6.83. The van der Waals surface area contributed by atoms with Gasteiger partial charge in [0.05, 0.1) is 6.42 Å². The Bertz CT molecular complexity index is 630. The van der Waals surface area contributed by atoms with Gasteiger partial charge in [0, 0.05) is 32.6 Å². The predicted octanol–water partition coefficient (Wildman–Crippen LogP) is 2.56. The lowest BCUT2D eigenvalue weighted by Crippen LogP contribution is -2.51. The summed E-state index contributed by atoms with van der Waals surface area (Å²) in [5.74, 6) is 0.811. The fourth-order valence-electron chi connectivity index (χ4n) is 3.51. The Balaban J connectivity index is 1.47. The van der Waals surface area contributed by atoms with Crippen molar-refractivity contribution in [3.8, 4) is 0 Å². The number of hydrogen-bond donors (Lipinski definition) is 0. The summed E-state index contributed by atoms with van der Waals surface area (Å²) in [6, 6.07) is 8.02. The van der Waals surface area contributed by atoms with Crippen molar-refractivity contribution >= 4 is 11.8 Å². The molecule has 24 heavy (non-hydrogen) atoms. The summed E-state index contributed by atoms with van der Waals surface area (Å²) < 4.78 is 0. The second kappa shape index (κ2) is 7.65. The number of piperazine rings is 1. The van der Waals surface area contributed by atoms with Gasteiger partial charge in [-0.15, -0.1) is 0 Å². The lowest BCUT2D eigenvalue weighted by molar-refractivity contribution is -0.139. The third-order valence-corrected chi connectivity index (χ3v) is 5.14. The highest BCUT2D eigenvalue weighted by Crippen LogP contribution is 2.21. The molecule has 3 rings (SSSR count). The minimum Gasteiger partial charge on any atom is -0.339 e.